The van der Waals surface area contributed by atoms with Crippen LogP contribution in [0.1, 0.15) is 29.9 Å². The zero-order chi connectivity index (χ0) is 14.9. The minimum absolute atomic E-state index is 0.0710. The van der Waals surface area contributed by atoms with Gasteiger partial charge in [-0.3, -0.25) is 4.79 Å². The van der Waals surface area contributed by atoms with Crippen molar-refractivity contribution in [3.63, 3.8) is 0 Å². The van der Waals surface area contributed by atoms with E-state index >= 15 is 0 Å². The molecule has 0 aliphatic rings. The number of carbonyl (C=O) groups is 1. The van der Waals surface area contributed by atoms with E-state index in [0.29, 0.717) is 5.69 Å². The van der Waals surface area contributed by atoms with Gasteiger partial charge < -0.3 is 15.6 Å². The molecule has 1 unspecified atom stereocenters. The van der Waals surface area contributed by atoms with Crippen LogP contribution in [0, 0.1) is 20.8 Å². The molecule has 0 aliphatic carbocycles. The van der Waals surface area contributed by atoms with Crippen LogP contribution in [0.5, 0.6) is 0 Å². The van der Waals surface area contributed by atoms with E-state index in [2.05, 4.69) is 10.3 Å². The van der Waals surface area contributed by atoms with Crippen LogP contribution in [0.15, 0.2) is 24.5 Å². The minimum atomic E-state index is -0.312. The molecule has 5 nitrogen and oxygen atoms in total. The number of nitrogens with zero attached hydrogens (tertiary/aromatic N) is 2. The first-order valence-corrected chi connectivity index (χ1v) is 6.57. The molecule has 0 bridgehead atoms. The fourth-order valence-electron chi connectivity index (χ4n) is 2.10. The Morgan fingerprint density at radius 2 is 2.05 bits per heavy atom. The number of rotatable bonds is 3. The maximum atomic E-state index is 12.3. The molecule has 0 saturated carbocycles. The normalized spacial score (nSPS) is 12.2. The Kier molecular flexibility index (Phi) is 3.79. The average molecular weight is 272 g/mol. The second-order valence-electron chi connectivity index (χ2n) is 5.06. The van der Waals surface area contributed by atoms with Gasteiger partial charge in [0.2, 0.25) is 5.91 Å². The number of hydrogen-bond donors (Lipinski definition) is 2. The van der Waals surface area contributed by atoms with Gasteiger partial charge >= 0.3 is 0 Å². The molecule has 106 valence electrons. The third-order valence-corrected chi connectivity index (χ3v) is 3.59. The van der Waals surface area contributed by atoms with Gasteiger partial charge in [-0.25, -0.2) is 4.98 Å². The number of hydrogen-bond acceptors (Lipinski definition) is 3. The largest absolute Gasteiger partial charge is 0.399 e. The molecule has 1 aromatic heterocycles. The number of nitrogen functional groups attached to an aromatic ring is 1. The zero-order valence-corrected chi connectivity index (χ0v) is 12.3. The first kappa shape index (κ1) is 14.1. The molecule has 1 aromatic carbocycles. The molecule has 0 aliphatic heterocycles. The first-order valence-electron chi connectivity index (χ1n) is 6.57. The van der Waals surface area contributed by atoms with Gasteiger partial charge in [0.25, 0.3) is 0 Å². The molecule has 1 amide bonds. The summed E-state index contributed by atoms with van der Waals surface area (Å²) in [4.78, 5) is 16.5. The molecular weight excluding hydrogens is 252 g/mol. The average Bonchev–Trinajstić information content (AvgIpc) is 2.72. The van der Waals surface area contributed by atoms with E-state index in [0.717, 1.165) is 22.6 Å². The third kappa shape index (κ3) is 2.66. The molecule has 2 rings (SSSR count). The molecule has 3 N–H and O–H groups in total. The van der Waals surface area contributed by atoms with Crippen LogP contribution in [0.25, 0.3) is 0 Å². The second-order valence-corrected chi connectivity index (χ2v) is 5.06. The van der Waals surface area contributed by atoms with Crippen LogP contribution < -0.4 is 11.1 Å². The number of amides is 1. The van der Waals surface area contributed by atoms with Gasteiger partial charge in [0, 0.05) is 17.1 Å². The van der Waals surface area contributed by atoms with Crippen LogP contribution in [-0.2, 0) is 4.79 Å². The molecule has 2 aromatic rings. The molecule has 0 saturated heterocycles. The predicted octanol–water partition coefficient (Wildman–Crippen LogP) is 2.59. The summed E-state index contributed by atoms with van der Waals surface area (Å²) in [5, 5.41) is 2.93. The lowest BCUT2D eigenvalue weighted by molar-refractivity contribution is -0.118. The minimum Gasteiger partial charge on any atom is -0.399 e. The van der Waals surface area contributed by atoms with Gasteiger partial charge in [0.1, 0.15) is 6.04 Å². The highest BCUT2D eigenvalue weighted by molar-refractivity contribution is 5.94. The molecular formula is C15H20N4O. The topological polar surface area (TPSA) is 72.9 Å². The van der Waals surface area contributed by atoms with E-state index in [1.54, 1.807) is 12.4 Å². The summed E-state index contributed by atoms with van der Waals surface area (Å²) in [6.45, 7) is 7.67. The highest BCUT2D eigenvalue weighted by Crippen LogP contribution is 2.20. The van der Waals surface area contributed by atoms with Gasteiger partial charge in [-0.1, -0.05) is 0 Å². The summed E-state index contributed by atoms with van der Waals surface area (Å²) < 4.78 is 1.87. The molecule has 0 fully saturated rings. The Morgan fingerprint density at radius 3 is 2.60 bits per heavy atom. The summed E-state index contributed by atoms with van der Waals surface area (Å²) >= 11 is 0. The Hall–Kier alpha value is -2.30. The Balaban J connectivity index is 2.17. The number of anilines is 2. The SMILES string of the molecule is Cc1cc(N)ccc1NC(=O)C(C)n1cnc(C)c1C. The van der Waals surface area contributed by atoms with Crippen LogP contribution in [-0.4, -0.2) is 15.5 Å². The van der Waals surface area contributed by atoms with Crippen molar-refractivity contribution in [3.05, 3.63) is 41.5 Å². The van der Waals surface area contributed by atoms with Crippen LogP contribution in [0.2, 0.25) is 0 Å². The van der Waals surface area contributed by atoms with Crippen molar-refractivity contribution in [1.82, 2.24) is 9.55 Å². The quantitative estimate of drug-likeness (QED) is 0.843. The van der Waals surface area contributed by atoms with Gasteiger partial charge in [-0.15, -0.1) is 0 Å². The lowest BCUT2D eigenvalue weighted by Crippen LogP contribution is -2.24. The maximum absolute atomic E-state index is 12.3. The Morgan fingerprint density at radius 1 is 1.35 bits per heavy atom. The van der Waals surface area contributed by atoms with Crippen molar-refractivity contribution in [2.75, 3.05) is 11.1 Å². The second kappa shape index (κ2) is 5.36. The summed E-state index contributed by atoms with van der Waals surface area (Å²) in [5.41, 5.74) is 10.1. The Bertz CT molecular complexity index is 645. The molecule has 20 heavy (non-hydrogen) atoms. The summed E-state index contributed by atoms with van der Waals surface area (Å²) in [5.74, 6) is -0.0710. The van der Waals surface area contributed by atoms with Gasteiger partial charge in [0.15, 0.2) is 0 Å². The highest BCUT2D eigenvalue weighted by atomic mass is 16.2. The van der Waals surface area contributed by atoms with Gasteiger partial charge in [0.05, 0.1) is 12.0 Å². The molecule has 1 atom stereocenters. The van der Waals surface area contributed by atoms with Crippen LogP contribution in [0.3, 0.4) is 0 Å². The molecule has 5 heteroatoms. The first-order chi connectivity index (χ1) is 9.40. The summed E-state index contributed by atoms with van der Waals surface area (Å²) in [6, 6.07) is 5.13. The highest BCUT2D eigenvalue weighted by Gasteiger charge is 2.18. The van der Waals surface area contributed by atoms with E-state index in [9.17, 15) is 4.79 Å². The van der Waals surface area contributed by atoms with Crippen molar-refractivity contribution >= 4 is 17.3 Å². The monoisotopic (exact) mass is 272 g/mol. The lowest BCUT2D eigenvalue weighted by atomic mass is 10.1. The number of aromatic nitrogens is 2. The van der Waals surface area contributed by atoms with E-state index in [4.69, 9.17) is 5.73 Å². The smallest absolute Gasteiger partial charge is 0.247 e. The predicted molar refractivity (Wildman–Crippen MR) is 80.6 cm³/mol. The van der Waals surface area contributed by atoms with E-state index in [1.165, 1.54) is 0 Å². The van der Waals surface area contributed by atoms with Crippen molar-refractivity contribution < 1.29 is 4.79 Å². The number of aryl methyl sites for hydroxylation is 2. The zero-order valence-electron chi connectivity index (χ0n) is 12.3. The van der Waals surface area contributed by atoms with Crippen LogP contribution in [0.4, 0.5) is 11.4 Å². The molecule has 0 spiro atoms. The molecule has 1 heterocycles. The van der Waals surface area contributed by atoms with Crippen LogP contribution >= 0.6 is 0 Å². The van der Waals surface area contributed by atoms with E-state index in [1.807, 2.05) is 44.4 Å². The van der Waals surface area contributed by atoms with E-state index < -0.39 is 0 Å². The van der Waals surface area contributed by atoms with Crippen molar-refractivity contribution in [2.24, 2.45) is 0 Å². The van der Waals surface area contributed by atoms with Crippen molar-refractivity contribution in [1.29, 1.82) is 0 Å². The molecule has 0 radical (unpaired) electrons. The lowest BCUT2D eigenvalue weighted by Gasteiger charge is -2.16. The van der Waals surface area contributed by atoms with Crippen molar-refractivity contribution in [2.45, 2.75) is 33.7 Å². The number of nitrogens with two attached hydrogens (primary N) is 1. The number of imidazole rings is 1. The Labute approximate surface area is 118 Å². The third-order valence-electron chi connectivity index (χ3n) is 3.59. The van der Waals surface area contributed by atoms with E-state index in [-0.39, 0.29) is 11.9 Å². The fraction of sp³-hybridized carbons (Fsp3) is 0.333. The fourth-order valence-corrected chi connectivity index (χ4v) is 2.10. The number of nitrogens with one attached hydrogen (secondary N) is 1. The number of carbonyl (C=O) groups excluding carboxylic acids is 1. The van der Waals surface area contributed by atoms with Gasteiger partial charge in [-0.05, 0) is 51.5 Å². The summed E-state index contributed by atoms with van der Waals surface area (Å²) in [6.07, 6.45) is 1.70. The van der Waals surface area contributed by atoms with Gasteiger partial charge in [-0.2, -0.15) is 0 Å². The summed E-state index contributed by atoms with van der Waals surface area (Å²) in [7, 11) is 0. The maximum Gasteiger partial charge on any atom is 0.247 e. The van der Waals surface area contributed by atoms with Crippen molar-refractivity contribution in [3.8, 4) is 0 Å². The number of benzene rings is 1. The standard InChI is InChI=1S/C15H20N4O/c1-9-7-13(16)5-6-14(9)18-15(20)12(4)19-8-17-10(2)11(19)3/h5-8,12H,16H2,1-4H3,(H,18,20).